The first kappa shape index (κ1) is 22.2. The molecule has 0 spiro atoms. The van der Waals surface area contributed by atoms with Crippen LogP contribution < -0.4 is 14.2 Å². The van der Waals surface area contributed by atoms with E-state index in [4.69, 9.17) is 13.9 Å². The zero-order chi connectivity index (χ0) is 23.2. The highest BCUT2D eigenvalue weighted by atomic mass is 32.2. The first-order chi connectivity index (χ1) is 16.2. The van der Waals surface area contributed by atoms with Crippen molar-refractivity contribution in [2.75, 3.05) is 24.7 Å². The van der Waals surface area contributed by atoms with Crippen molar-refractivity contribution >= 4 is 17.9 Å². The molecule has 4 rings (SSSR count). The molecule has 168 valence electrons. The van der Waals surface area contributed by atoms with Crippen molar-refractivity contribution in [3.63, 3.8) is 0 Å². The van der Waals surface area contributed by atoms with E-state index in [0.717, 1.165) is 5.56 Å². The van der Waals surface area contributed by atoms with Gasteiger partial charge in [-0.15, -0.1) is 10.2 Å². The predicted octanol–water partition coefficient (Wildman–Crippen LogP) is 4.86. The molecule has 0 unspecified atom stereocenters. The Morgan fingerprint density at radius 1 is 1.12 bits per heavy atom. The molecular weight excluding hydrogens is 445 g/mol. The normalized spacial score (nSPS) is 10.6. The number of halogens is 1. The molecule has 2 aromatic carbocycles. The number of anilines is 1. The number of nitrogens with one attached hydrogen (secondary N) is 1. The van der Waals surface area contributed by atoms with Gasteiger partial charge >= 0.3 is 0 Å². The maximum Gasteiger partial charge on any atom is 0.239 e. The summed E-state index contributed by atoms with van der Waals surface area (Å²) < 4.78 is 35.1. The fourth-order valence-corrected chi connectivity index (χ4v) is 4.01. The van der Waals surface area contributed by atoms with Crippen LogP contribution in [0.15, 0.2) is 59.2 Å². The van der Waals surface area contributed by atoms with Crippen molar-refractivity contribution < 1.29 is 18.3 Å². The molecule has 4 aromatic rings. The highest BCUT2D eigenvalue weighted by molar-refractivity contribution is 8.00. The SMILES string of the molecule is COc1cccc(OC)c1-n1c(NSCCc2ccc(F)cc2C#N)nnc1-c1ccco1. The van der Waals surface area contributed by atoms with Crippen molar-refractivity contribution in [3.8, 4) is 34.8 Å². The molecule has 2 aromatic heterocycles. The summed E-state index contributed by atoms with van der Waals surface area (Å²) in [5, 5.41) is 17.8. The lowest BCUT2D eigenvalue weighted by molar-refractivity contribution is 0.391. The topological polar surface area (TPSA) is 98.1 Å². The highest BCUT2D eigenvalue weighted by Crippen LogP contribution is 2.38. The van der Waals surface area contributed by atoms with Crippen LogP contribution in [0.3, 0.4) is 0 Å². The summed E-state index contributed by atoms with van der Waals surface area (Å²) in [5.74, 6) is 2.75. The number of aryl methyl sites for hydroxylation is 1. The van der Waals surface area contributed by atoms with E-state index in [-0.39, 0.29) is 0 Å². The van der Waals surface area contributed by atoms with E-state index in [2.05, 4.69) is 14.9 Å². The van der Waals surface area contributed by atoms with E-state index in [1.165, 1.54) is 24.1 Å². The van der Waals surface area contributed by atoms with Crippen molar-refractivity contribution in [3.05, 3.63) is 71.7 Å². The molecule has 0 aliphatic rings. The fourth-order valence-electron chi connectivity index (χ4n) is 3.33. The largest absolute Gasteiger partial charge is 0.494 e. The number of nitrogens with zero attached hydrogens (tertiary/aromatic N) is 4. The molecular formula is C23H20FN5O3S. The lowest BCUT2D eigenvalue weighted by Crippen LogP contribution is -2.07. The maximum atomic E-state index is 13.4. The summed E-state index contributed by atoms with van der Waals surface area (Å²) in [7, 11) is 3.15. The van der Waals surface area contributed by atoms with E-state index >= 15 is 0 Å². The molecule has 0 amide bonds. The van der Waals surface area contributed by atoms with E-state index in [1.54, 1.807) is 43.2 Å². The van der Waals surface area contributed by atoms with E-state index in [9.17, 15) is 9.65 Å². The minimum atomic E-state index is -0.426. The van der Waals surface area contributed by atoms with Gasteiger partial charge < -0.3 is 13.9 Å². The quantitative estimate of drug-likeness (QED) is 0.276. The summed E-state index contributed by atoms with van der Waals surface area (Å²) >= 11 is 1.38. The van der Waals surface area contributed by atoms with Gasteiger partial charge in [0, 0.05) is 5.75 Å². The average molecular weight is 466 g/mol. The number of aromatic nitrogens is 3. The Bertz CT molecular complexity index is 1260. The van der Waals surface area contributed by atoms with Gasteiger partial charge in [-0.25, -0.2) is 4.39 Å². The Kier molecular flexibility index (Phi) is 6.80. The second kappa shape index (κ2) is 10.1. The highest BCUT2D eigenvalue weighted by Gasteiger charge is 2.23. The minimum Gasteiger partial charge on any atom is -0.494 e. The molecule has 0 atom stereocenters. The first-order valence-corrected chi connectivity index (χ1v) is 10.9. The van der Waals surface area contributed by atoms with Crippen LogP contribution in [0.25, 0.3) is 17.3 Å². The Balaban J connectivity index is 1.62. The van der Waals surface area contributed by atoms with Crippen molar-refractivity contribution in [1.29, 1.82) is 5.26 Å². The lowest BCUT2D eigenvalue weighted by atomic mass is 10.1. The van der Waals surface area contributed by atoms with Gasteiger partial charge in [0.15, 0.2) is 5.76 Å². The van der Waals surface area contributed by atoms with Gasteiger partial charge in [-0.2, -0.15) is 5.26 Å². The zero-order valence-corrected chi connectivity index (χ0v) is 18.7. The molecule has 0 saturated heterocycles. The number of para-hydroxylation sites is 1. The Morgan fingerprint density at radius 3 is 2.58 bits per heavy atom. The minimum absolute atomic E-state index is 0.331. The Morgan fingerprint density at radius 2 is 1.91 bits per heavy atom. The molecule has 10 heteroatoms. The third-order valence-electron chi connectivity index (χ3n) is 4.86. The number of ether oxygens (including phenoxy) is 2. The van der Waals surface area contributed by atoms with Crippen molar-refractivity contribution in [2.24, 2.45) is 0 Å². The first-order valence-electron chi connectivity index (χ1n) is 9.93. The monoisotopic (exact) mass is 465 g/mol. The molecule has 2 heterocycles. The summed E-state index contributed by atoms with van der Waals surface area (Å²) in [6.45, 7) is 0. The number of rotatable bonds is 9. The van der Waals surface area contributed by atoms with Crippen molar-refractivity contribution in [2.45, 2.75) is 6.42 Å². The Hall–Kier alpha value is -3.97. The van der Waals surface area contributed by atoms with Gasteiger partial charge in [0.1, 0.15) is 23.0 Å². The second-order valence-electron chi connectivity index (χ2n) is 6.78. The van der Waals surface area contributed by atoms with Crippen LogP contribution in [0.5, 0.6) is 11.5 Å². The van der Waals surface area contributed by atoms with Gasteiger partial charge in [0.05, 0.1) is 32.1 Å². The molecule has 0 saturated carbocycles. The number of methoxy groups -OCH3 is 2. The summed E-state index contributed by atoms with van der Waals surface area (Å²) in [6, 6.07) is 15.3. The van der Waals surface area contributed by atoms with Crippen LogP contribution in [-0.4, -0.2) is 34.7 Å². The van der Waals surface area contributed by atoms with Gasteiger partial charge in [-0.3, -0.25) is 9.29 Å². The molecule has 0 fully saturated rings. The van der Waals surface area contributed by atoms with Crippen molar-refractivity contribution in [1.82, 2.24) is 14.8 Å². The van der Waals surface area contributed by atoms with Crippen LogP contribution in [0.4, 0.5) is 10.3 Å². The fraction of sp³-hybridized carbons (Fsp3) is 0.174. The third-order valence-corrected chi connectivity index (χ3v) is 5.59. The number of nitriles is 1. The van der Waals surface area contributed by atoms with E-state index in [1.807, 2.05) is 24.3 Å². The van der Waals surface area contributed by atoms with E-state index in [0.29, 0.717) is 52.5 Å². The molecule has 0 aliphatic carbocycles. The van der Waals surface area contributed by atoms with E-state index < -0.39 is 5.82 Å². The van der Waals surface area contributed by atoms with Crippen LogP contribution in [0, 0.1) is 17.1 Å². The van der Waals surface area contributed by atoms with Gasteiger partial charge in [-0.05, 0) is 60.3 Å². The van der Waals surface area contributed by atoms with Crippen LogP contribution in [0.1, 0.15) is 11.1 Å². The lowest BCUT2D eigenvalue weighted by Gasteiger charge is -2.17. The standard InChI is InChI=1S/C23H20FN5O3S/c1-30-18-5-3-6-19(31-2)21(18)29-22(20-7-4-11-32-20)26-27-23(29)28-33-12-10-15-8-9-17(24)13-16(15)14-25/h3-9,11,13H,10,12H2,1-2H3,(H,27,28). The van der Waals surface area contributed by atoms with Gasteiger partial charge in [0.25, 0.3) is 0 Å². The number of hydrogen-bond acceptors (Lipinski definition) is 8. The van der Waals surface area contributed by atoms with Gasteiger partial charge in [0.2, 0.25) is 11.8 Å². The maximum absolute atomic E-state index is 13.4. The molecule has 0 aliphatic heterocycles. The van der Waals surface area contributed by atoms with Crippen LogP contribution >= 0.6 is 11.9 Å². The van der Waals surface area contributed by atoms with Crippen LogP contribution in [-0.2, 0) is 6.42 Å². The summed E-state index contributed by atoms with van der Waals surface area (Å²) in [6.07, 6.45) is 2.13. The summed E-state index contributed by atoms with van der Waals surface area (Å²) in [4.78, 5) is 0. The van der Waals surface area contributed by atoms with Crippen LogP contribution in [0.2, 0.25) is 0 Å². The Labute approximate surface area is 194 Å². The molecule has 8 nitrogen and oxygen atoms in total. The number of benzene rings is 2. The molecule has 33 heavy (non-hydrogen) atoms. The molecule has 0 radical (unpaired) electrons. The molecule has 1 N–H and O–H groups in total. The number of hydrogen-bond donors (Lipinski definition) is 1. The summed E-state index contributed by atoms with van der Waals surface area (Å²) in [5.41, 5.74) is 1.72. The second-order valence-corrected chi connectivity index (χ2v) is 7.69. The number of furan rings is 1. The zero-order valence-electron chi connectivity index (χ0n) is 17.9. The molecule has 0 bridgehead atoms. The predicted molar refractivity (Wildman–Crippen MR) is 123 cm³/mol. The third kappa shape index (κ3) is 4.63. The van der Waals surface area contributed by atoms with Gasteiger partial charge in [-0.1, -0.05) is 12.1 Å². The smallest absolute Gasteiger partial charge is 0.239 e. The average Bonchev–Trinajstić information content (AvgIpc) is 3.51.